The Morgan fingerprint density at radius 1 is 1.52 bits per heavy atom. The van der Waals surface area contributed by atoms with Crippen LogP contribution in [0.1, 0.15) is 26.0 Å². The highest BCUT2D eigenvalue weighted by molar-refractivity contribution is 7.16. The molecule has 1 saturated heterocycles. The van der Waals surface area contributed by atoms with Crippen LogP contribution in [0.2, 0.25) is 0 Å². The summed E-state index contributed by atoms with van der Waals surface area (Å²) < 4.78 is 13.1. The summed E-state index contributed by atoms with van der Waals surface area (Å²) in [7, 11) is 0. The zero-order valence-electron chi connectivity index (χ0n) is 11.5. The molecule has 1 aliphatic rings. The van der Waals surface area contributed by atoms with E-state index in [2.05, 4.69) is 9.97 Å². The van der Waals surface area contributed by atoms with Crippen LogP contribution in [-0.2, 0) is 4.74 Å². The number of hydrogen-bond donors (Lipinski definition) is 2. The first kappa shape index (κ1) is 14.2. The predicted octanol–water partition coefficient (Wildman–Crippen LogP) is 0.504. The average molecular weight is 312 g/mol. The molecule has 21 heavy (non-hydrogen) atoms. The maximum Gasteiger partial charge on any atom is 0.311 e. The Kier molecular flexibility index (Phi) is 3.79. The van der Waals surface area contributed by atoms with E-state index in [4.69, 9.17) is 20.3 Å². The number of ether oxygens (including phenoxy) is 2. The van der Waals surface area contributed by atoms with Gasteiger partial charge in [-0.05, 0) is 19.8 Å². The van der Waals surface area contributed by atoms with E-state index in [1.807, 2.05) is 6.92 Å². The lowest BCUT2D eigenvalue weighted by molar-refractivity contribution is -0.0214. The lowest BCUT2D eigenvalue weighted by Gasteiger charge is -2.13. The second-order valence-electron chi connectivity index (χ2n) is 4.68. The first-order chi connectivity index (χ1) is 10.1. The van der Waals surface area contributed by atoms with Crippen LogP contribution in [0.15, 0.2) is 4.79 Å². The second-order valence-corrected chi connectivity index (χ2v) is 5.64. The monoisotopic (exact) mass is 312 g/mol. The molecule has 3 N–H and O–H groups in total. The molecule has 2 atom stereocenters. The van der Waals surface area contributed by atoms with Crippen molar-refractivity contribution in [2.45, 2.75) is 32.1 Å². The van der Waals surface area contributed by atoms with Gasteiger partial charge in [0.05, 0.1) is 19.3 Å². The van der Waals surface area contributed by atoms with Crippen molar-refractivity contribution in [2.24, 2.45) is 0 Å². The Morgan fingerprint density at radius 2 is 2.33 bits per heavy atom. The quantitative estimate of drug-likeness (QED) is 0.845. The van der Waals surface area contributed by atoms with Crippen LogP contribution < -0.4 is 15.3 Å². The van der Waals surface area contributed by atoms with Gasteiger partial charge in [-0.3, -0.25) is 9.36 Å². The molecule has 1 fully saturated rings. The van der Waals surface area contributed by atoms with Crippen LogP contribution >= 0.6 is 11.3 Å². The molecule has 0 bridgehead atoms. The van der Waals surface area contributed by atoms with Crippen molar-refractivity contribution in [3.63, 3.8) is 0 Å². The van der Waals surface area contributed by atoms with Gasteiger partial charge in [0.25, 0.3) is 0 Å². The molecule has 8 nitrogen and oxygen atoms in total. The van der Waals surface area contributed by atoms with E-state index < -0.39 is 6.23 Å². The van der Waals surface area contributed by atoms with E-state index in [-0.39, 0.29) is 23.5 Å². The number of anilines is 1. The van der Waals surface area contributed by atoms with Gasteiger partial charge in [-0.1, -0.05) is 11.3 Å². The fourth-order valence-corrected chi connectivity index (χ4v) is 3.31. The van der Waals surface area contributed by atoms with Crippen LogP contribution in [0.5, 0.6) is 5.88 Å². The molecule has 9 heteroatoms. The predicted molar refractivity (Wildman–Crippen MR) is 77.5 cm³/mol. The van der Waals surface area contributed by atoms with Crippen molar-refractivity contribution >= 4 is 27.6 Å². The largest absolute Gasteiger partial charge is 0.477 e. The molecule has 3 rings (SSSR count). The molecule has 0 spiro atoms. The Morgan fingerprint density at radius 3 is 3.00 bits per heavy atom. The molecular formula is C12H16N4O4S. The number of hydrogen-bond acceptors (Lipinski definition) is 8. The van der Waals surface area contributed by atoms with Gasteiger partial charge in [0.15, 0.2) is 5.65 Å². The molecule has 1 unspecified atom stereocenters. The molecule has 0 radical (unpaired) electrons. The van der Waals surface area contributed by atoms with Crippen molar-refractivity contribution in [1.82, 2.24) is 14.5 Å². The first-order valence-electron chi connectivity index (χ1n) is 6.71. The fraction of sp³-hybridized carbons (Fsp3) is 0.583. The van der Waals surface area contributed by atoms with Crippen molar-refractivity contribution in [3.8, 4) is 5.88 Å². The van der Waals surface area contributed by atoms with Crippen molar-refractivity contribution in [3.05, 3.63) is 9.67 Å². The van der Waals surface area contributed by atoms with Crippen LogP contribution in [0.25, 0.3) is 10.3 Å². The minimum absolute atomic E-state index is 0.0502. The number of thiazole rings is 1. The number of nitrogens with two attached hydrogens (primary N) is 1. The first-order valence-corrected chi connectivity index (χ1v) is 7.53. The summed E-state index contributed by atoms with van der Waals surface area (Å²) in [6, 6.07) is 0. The Bertz CT molecular complexity index is 713. The summed E-state index contributed by atoms with van der Waals surface area (Å²) in [4.78, 5) is 20.2. The molecule has 0 saturated carbocycles. The van der Waals surface area contributed by atoms with Gasteiger partial charge in [0.1, 0.15) is 10.9 Å². The molecule has 0 amide bonds. The Labute approximate surface area is 124 Å². The Hall–Kier alpha value is -1.71. The molecule has 0 aromatic carbocycles. The normalized spacial score (nSPS) is 22.0. The maximum absolute atomic E-state index is 12.3. The Balaban J connectivity index is 2.11. The third-order valence-corrected chi connectivity index (χ3v) is 4.24. The van der Waals surface area contributed by atoms with Gasteiger partial charge in [-0.15, -0.1) is 0 Å². The number of nitrogens with zero attached hydrogens (tertiary/aromatic N) is 3. The summed E-state index contributed by atoms with van der Waals surface area (Å²) in [5.74, 6) is 0.367. The number of aliphatic hydroxyl groups excluding tert-OH is 1. The van der Waals surface area contributed by atoms with E-state index >= 15 is 0 Å². The number of aromatic nitrogens is 3. The molecule has 1 aliphatic heterocycles. The smallest absolute Gasteiger partial charge is 0.311 e. The third-order valence-electron chi connectivity index (χ3n) is 3.31. The second kappa shape index (κ2) is 5.58. The minimum atomic E-state index is -0.438. The maximum atomic E-state index is 12.3. The standard InChI is InChI=1S/C12H16N4O4S/c1-2-19-10-8-9(14-11(13)15-10)16(12(18)21-8)7-4-3-6(5-17)20-7/h6-7,17H,2-5H2,1H3,(H2,13,14,15)/t6-,7?/m0/s1. The molecular weight excluding hydrogens is 296 g/mol. The SMILES string of the molecule is CCOc1nc(N)nc2c1sc(=O)n2C1CC[C@@H](CO)O1. The van der Waals surface area contributed by atoms with Gasteiger partial charge in [0, 0.05) is 0 Å². The summed E-state index contributed by atoms with van der Waals surface area (Å²) >= 11 is 1.01. The molecule has 0 aliphatic carbocycles. The molecule has 2 aromatic heterocycles. The third kappa shape index (κ3) is 2.47. The van der Waals surface area contributed by atoms with Crippen molar-refractivity contribution in [1.29, 1.82) is 0 Å². The van der Waals surface area contributed by atoms with Crippen LogP contribution in [0.3, 0.4) is 0 Å². The lowest BCUT2D eigenvalue weighted by Crippen LogP contribution is -2.21. The zero-order chi connectivity index (χ0) is 15.0. The number of aliphatic hydroxyl groups is 1. The van der Waals surface area contributed by atoms with E-state index in [1.165, 1.54) is 4.57 Å². The van der Waals surface area contributed by atoms with Gasteiger partial charge in [0.2, 0.25) is 11.8 Å². The van der Waals surface area contributed by atoms with E-state index in [1.54, 1.807) is 0 Å². The topological polar surface area (TPSA) is 112 Å². The molecule has 2 aromatic rings. The van der Waals surface area contributed by atoms with Gasteiger partial charge in [-0.25, -0.2) is 0 Å². The van der Waals surface area contributed by atoms with Crippen LogP contribution in [0, 0.1) is 0 Å². The van der Waals surface area contributed by atoms with Crippen LogP contribution in [0.4, 0.5) is 5.95 Å². The lowest BCUT2D eigenvalue weighted by atomic mass is 10.2. The summed E-state index contributed by atoms with van der Waals surface area (Å²) in [6.07, 6.45) is 0.656. The highest BCUT2D eigenvalue weighted by Gasteiger charge is 2.30. The molecule has 114 valence electrons. The van der Waals surface area contributed by atoms with E-state index in [9.17, 15) is 4.79 Å². The summed E-state index contributed by atoms with van der Waals surface area (Å²) in [5, 5.41) is 9.15. The van der Waals surface area contributed by atoms with Crippen molar-refractivity contribution in [2.75, 3.05) is 18.9 Å². The average Bonchev–Trinajstić information content (AvgIpc) is 3.02. The molecule has 3 heterocycles. The number of fused-ring (bicyclic) bond motifs is 1. The van der Waals surface area contributed by atoms with Gasteiger partial charge < -0.3 is 20.3 Å². The van der Waals surface area contributed by atoms with Crippen LogP contribution in [-0.4, -0.2) is 39.0 Å². The van der Waals surface area contributed by atoms with E-state index in [0.29, 0.717) is 35.7 Å². The highest BCUT2D eigenvalue weighted by Crippen LogP contribution is 2.33. The fourth-order valence-electron chi connectivity index (χ4n) is 2.41. The van der Waals surface area contributed by atoms with Crippen molar-refractivity contribution < 1.29 is 14.6 Å². The summed E-state index contributed by atoms with van der Waals surface area (Å²) in [5.41, 5.74) is 6.11. The number of nitrogen functional groups attached to an aromatic ring is 1. The van der Waals surface area contributed by atoms with Gasteiger partial charge in [-0.2, -0.15) is 9.97 Å². The number of rotatable bonds is 4. The minimum Gasteiger partial charge on any atom is -0.477 e. The van der Waals surface area contributed by atoms with Gasteiger partial charge >= 0.3 is 4.87 Å². The summed E-state index contributed by atoms with van der Waals surface area (Å²) in [6.45, 7) is 2.19. The zero-order valence-corrected chi connectivity index (χ0v) is 12.3. The van der Waals surface area contributed by atoms with E-state index in [0.717, 1.165) is 11.3 Å². The highest BCUT2D eigenvalue weighted by atomic mass is 32.1.